The maximum atomic E-state index is 14.3. The highest BCUT2D eigenvalue weighted by molar-refractivity contribution is 5.91. The first-order valence-corrected chi connectivity index (χ1v) is 9.41. The Balaban J connectivity index is 1.64. The molecule has 0 saturated heterocycles. The van der Waals surface area contributed by atoms with Crippen molar-refractivity contribution in [2.45, 2.75) is 32.6 Å². The minimum atomic E-state index is -1.17. The molecule has 1 aliphatic carbocycles. The fourth-order valence-electron chi connectivity index (χ4n) is 3.34. The summed E-state index contributed by atoms with van der Waals surface area (Å²) >= 11 is 0. The zero-order chi connectivity index (χ0) is 21.0. The first-order valence-electron chi connectivity index (χ1n) is 9.41. The highest BCUT2D eigenvalue weighted by Crippen LogP contribution is 2.29. The Hall–Kier alpha value is -3.01. The SMILES string of the molecule is C[C@H]1CC[C@H](COc2ccc(C(=O)Oc3cc(F)c(C#N)c(F)c3)c(F)c2)CC1. The fourth-order valence-corrected chi connectivity index (χ4v) is 3.34. The van der Waals surface area contributed by atoms with Crippen LogP contribution in [-0.2, 0) is 0 Å². The molecule has 3 rings (SSSR count). The van der Waals surface area contributed by atoms with Gasteiger partial charge in [-0.3, -0.25) is 0 Å². The molecule has 0 unspecified atom stereocenters. The van der Waals surface area contributed by atoms with Crippen molar-refractivity contribution in [3.05, 3.63) is 58.9 Å². The number of carbonyl (C=O) groups is 1. The van der Waals surface area contributed by atoms with Crippen molar-refractivity contribution in [3.63, 3.8) is 0 Å². The third-order valence-corrected chi connectivity index (χ3v) is 5.12. The highest BCUT2D eigenvalue weighted by atomic mass is 19.1. The van der Waals surface area contributed by atoms with Crippen molar-refractivity contribution in [2.24, 2.45) is 11.8 Å². The van der Waals surface area contributed by atoms with Crippen LogP contribution in [0.25, 0.3) is 0 Å². The van der Waals surface area contributed by atoms with E-state index in [2.05, 4.69) is 6.92 Å². The molecule has 0 atom stereocenters. The lowest BCUT2D eigenvalue weighted by atomic mass is 9.83. The van der Waals surface area contributed by atoms with Crippen molar-refractivity contribution in [1.29, 1.82) is 5.26 Å². The smallest absolute Gasteiger partial charge is 0.346 e. The molecule has 1 saturated carbocycles. The van der Waals surface area contributed by atoms with Crippen molar-refractivity contribution in [2.75, 3.05) is 6.61 Å². The number of benzene rings is 2. The third-order valence-electron chi connectivity index (χ3n) is 5.12. The Morgan fingerprint density at radius 2 is 1.66 bits per heavy atom. The molecule has 1 aliphatic rings. The predicted octanol–water partition coefficient (Wildman–Crippen LogP) is 5.40. The van der Waals surface area contributed by atoms with Crippen LogP contribution in [0.2, 0.25) is 0 Å². The molecular formula is C22H20F3NO3. The second kappa shape index (κ2) is 8.99. The van der Waals surface area contributed by atoms with E-state index in [0.29, 0.717) is 30.4 Å². The second-order valence-electron chi connectivity index (χ2n) is 7.34. The molecule has 4 nitrogen and oxygen atoms in total. The van der Waals surface area contributed by atoms with Crippen LogP contribution >= 0.6 is 0 Å². The molecular weight excluding hydrogens is 383 g/mol. The molecule has 2 aromatic rings. The Labute approximate surface area is 166 Å². The largest absolute Gasteiger partial charge is 0.493 e. The van der Waals surface area contributed by atoms with Crippen molar-refractivity contribution in [3.8, 4) is 17.6 Å². The van der Waals surface area contributed by atoms with Gasteiger partial charge in [0, 0.05) is 18.2 Å². The molecule has 7 heteroatoms. The van der Waals surface area contributed by atoms with Crippen LogP contribution in [0, 0.1) is 40.6 Å². The van der Waals surface area contributed by atoms with Gasteiger partial charge in [0.05, 0.1) is 12.2 Å². The number of nitriles is 1. The van der Waals surface area contributed by atoms with Crippen LogP contribution in [0.1, 0.15) is 48.5 Å². The molecule has 0 aromatic heterocycles. The van der Waals surface area contributed by atoms with Gasteiger partial charge in [0.1, 0.15) is 40.6 Å². The van der Waals surface area contributed by atoms with Gasteiger partial charge in [0.25, 0.3) is 0 Å². The summed E-state index contributed by atoms with van der Waals surface area (Å²) < 4.78 is 52.0. The number of esters is 1. The summed E-state index contributed by atoms with van der Waals surface area (Å²) in [7, 11) is 0. The van der Waals surface area contributed by atoms with E-state index in [-0.39, 0.29) is 0 Å². The fraction of sp³-hybridized carbons (Fsp3) is 0.364. The van der Waals surface area contributed by atoms with Gasteiger partial charge in [-0.05, 0) is 36.8 Å². The van der Waals surface area contributed by atoms with E-state index in [4.69, 9.17) is 14.7 Å². The number of ether oxygens (including phenoxy) is 2. The monoisotopic (exact) mass is 403 g/mol. The van der Waals surface area contributed by atoms with E-state index >= 15 is 0 Å². The standard InChI is InChI=1S/C22H20F3NO3/c1-13-2-4-14(5-3-13)12-28-15-6-7-17(19(23)8-15)22(27)29-16-9-20(24)18(11-26)21(25)10-16/h6-10,13-14H,2-5,12H2,1H3/t13-,14-. The summed E-state index contributed by atoms with van der Waals surface area (Å²) in [6.07, 6.45) is 4.46. The number of hydrogen-bond acceptors (Lipinski definition) is 4. The van der Waals surface area contributed by atoms with E-state index in [1.165, 1.54) is 18.2 Å². The van der Waals surface area contributed by atoms with Gasteiger partial charge in [-0.2, -0.15) is 5.26 Å². The Kier molecular flexibility index (Phi) is 6.42. The van der Waals surface area contributed by atoms with Crippen LogP contribution < -0.4 is 9.47 Å². The summed E-state index contributed by atoms with van der Waals surface area (Å²) in [5, 5.41) is 8.65. The quantitative estimate of drug-likeness (QED) is 0.495. The second-order valence-corrected chi connectivity index (χ2v) is 7.34. The summed E-state index contributed by atoms with van der Waals surface area (Å²) in [6, 6.07) is 6.49. The maximum absolute atomic E-state index is 14.3. The number of halogens is 3. The third kappa shape index (κ3) is 5.08. The lowest BCUT2D eigenvalue weighted by Crippen LogP contribution is -2.19. The number of hydrogen-bond donors (Lipinski definition) is 0. The minimum absolute atomic E-state index is 0.299. The average molecular weight is 403 g/mol. The van der Waals surface area contributed by atoms with E-state index in [1.54, 1.807) is 0 Å². The molecule has 0 radical (unpaired) electrons. The zero-order valence-corrected chi connectivity index (χ0v) is 15.9. The van der Waals surface area contributed by atoms with Crippen LogP contribution in [0.3, 0.4) is 0 Å². The Bertz CT molecular complexity index is 924. The highest BCUT2D eigenvalue weighted by Gasteiger charge is 2.20. The predicted molar refractivity (Wildman–Crippen MR) is 99.0 cm³/mol. The summed E-state index contributed by atoms with van der Waals surface area (Å²) in [5.41, 5.74) is -1.18. The van der Waals surface area contributed by atoms with E-state index in [0.717, 1.165) is 37.7 Å². The summed E-state index contributed by atoms with van der Waals surface area (Å²) in [4.78, 5) is 12.1. The van der Waals surface area contributed by atoms with E-state index < -0.39 is 40.3 Å². The molecule has 0 bridgehead atoms. The first kappa shape index (κ1) is 20.7. The lowest BCUT2D eigenvalue weighted by molar-refractivity contribution is 0.0729. The van der Waals surface area contributed by atoms with Crippen molar-refractivity contribution >= 4 is 5.97 Å². The number of rotatable bonds is 5. The topological polar surface area (TPSA) is 59.3 Å². The minimum Gasteiger partial charge on any atom is -0.493 e. The van der Waals surface area contributed by atoms with Gasteiger partial charge in [-0.25, -0.2) is 18.0 Å². The van der Waals surface area contributed by atoms with Crippen LogP contribution in [0.4, 0.5) is 13.2 Å². The van der Waals surface area contributed by atoms with Crippen LogP contribution in [0.15, 0.2) is 30.3 Å². The van der Waals surface area contributed by atoms with Gasteiger partial charge in [0.15, 0.2) is 0 Å². The molecule has 0 spiro atoms. The number of nitrogens with zero attached hydrogens (tertiary/aromatic N) is 1. The number of carbonyl (C=O) groups excluding carboxylic acids is 1. The van der Waals surface area contributed by atoms with Crippen LogP contribution in [0.5, 0.6) is 11.5 Å². The maximum Gasteiger partial charge on any atom is 0.346 e. The normalized spacial score (nSPS) is 18.7. The molecule has 1 fully saturated rings. The lowest BCUT2D eigenvalue weighted by Gasteiger charge is -2.26. The van der Waals surface area contributed by atoms with Gasteiger partial charge in [-0.15, -0.1) is 0 Å². The summed E-state index contributed by atoms with van der Waals surface area (Å²) in [5.74, 6) is -3.32. The molecule has 152 valence electrons. The first-order chi connectivity index (χ1) is 13.9. The Morgan fingerprint density at radius 3 is 2.24 bits per heavy atom. The van der Waals surface area contributed by atoms with E-state index in [1.807, 2.05) is 0 Å². The molecule has 0 heterocycles. The summed E-state index contributed by atoms with van der Waals surface area (Å²) in [6.45, 7) is 2.71. The zero-order valence-electron chi connectivity index (χ0n) is 15.9. The van der Waals surface area contributed by atoms with Gasteiger partial charge < -0.3 is 9.47 Å². The van der Waals surface area contributed by atoms with Gasteiger partial charge >= 0.3 is 5.97 Å². The van der Waals surface area contributed by atoms with Gasteiger partial charge in [0.2, 0.25) is 0 Å². The Morgan fingerprint density at radius 1 is 1.03 bits per heavy atom. The van der Waals surface area contributed by atoms with Gasteiger partial charge in [-0.1, -0.05) is 19.8 Å². The molecule has 2 aromatic carbocycles. The molecule has 29 heavy (non-hydrogen) atoms. The van der Waals surface area contributed by atoms with Crippen molar-refractivity contribution < 1.29 is 27.4 Å². The molecule has 0 aliphatic heterocycles. The molecule has 0 N–H and O–H groups in total. The van der Waals surface area contributed by atoms with Crippen molar-refractivity contribution in [1.82, 2.24) is 0 Å². The van der Waals surface area contributed by atoms with E-state index in [9.17, 15) is 18.0 Å². The average Bonchev–Trinajstić information content (AvgIpc) is 2.67. The molecule has 0 amide bonds. The van der Waals surface area contributed by atoms with Crippen LogP contribution in [-0.4, -0.2) is 12.6 Å².